The molecular weight excluding hydrogens is 417 g/mol. The Kier molecular flexibility index (Phi) is 9.28. The number of hydrogen-bond acceptors (Lipinski definition) is 3. The fourth-order valence-electron chi connectivity index (χ4n) is 2.67. The summed E-state index contributed by atoms with van der Waals surface area (Å²) in [5, 5.41) is 5.52. The summed E-state index contributed by atoms with van der Waals surface area (Å²) in [6.45, 7) is 10.6. The second-order valence-corrected chi connectivity index (χ2v) is 9.40. The van der Waals surface area contributed by atoms with Gasteiger partial charge in [0.2, 0.25) is 5.91 Å². The summed E-state index contributed by atoms with van der Waals surface area (Å²) in [5.74, 6) is -1.23. The molecule has 2 N–H and O–H groups in total. The summed E-state index contributed by atoms with van der Waals surface area (Å²) in [5.41, 5.74) is 3.07. The fraction of sp³-hybridized carbons (Fsp3) is 0.296. The first kappa shape index (κ1) is 25.7. The summed E-state index contributed by atoms with van der Waals surface area (Å²) in [6.07, 6.45) is 1.88. The van der Waals surface area contributed by atoms with Gasteiger partial charge in [0.05, 0.1) is 11.9 Å². The molecular formula is C27H38FN3O2. The zero-order valence-corrected chi connectivity index (χ0v) is 19.9. The Bertz CT molecular complexity index is 1040. The van der Waals surface area contributed by atoms with E-state index in [2.05, 4.69) is 43.3 Å². The number of hydrogen-bond donors (Lipinski definition) is 2. The van der Waals surface area contributed by atoms with E-state index in [1.54, 1.807) is 18.3 Å². The number of halogens is 1. The van der Waals surface area contributed by atoms with Crippen molar-refractivity contribution in [2.75, 3.05) is 5.32 Å². The molecule has 6 heteroatoms. The molecule has 3 rings (SSSR count). The number of aromatic nitrogens is 1. The van der Waals surface area contributed by atoms with Crippen LogP contribution in [0.5, 0.6) is 0 Å². The highest BCUT2D eigenvalue weighted by atomic mass is 19.1. The molecule has 0 unspecified atom stereocenters. The number of carbonyl (C=O) groups is 2. The number of pyridine rings is 1. The number of aryl methyl sites for hydroxylation is 1. The number of benzene rings is 2. The van der Waals surface area contributed by atoms with Gasteiger partial charge in [-0.1, -0.05) is 58.0 Å². The Morgan fingerprint density at radius 2 is 1.58 bits per heavy atom. The summed E-state index contributed by atoms with van der Waals surface area (Å²) >= 11 is 0. The van der Waals surface area contributed by atoms with Crippen molar-refractivity contribution >= 4 is 17.5 Å². The van der Waals surface area contributed by atoms with Crippen molar-refractivity contribution < 1.29 is 18.3 Å². The molecule has 2 aromatic carbocycles. The predicted octanol–water partition coefficient (Wildman–Crippen LogP) is 6.30. The zero-order valence-electron chi connectivity index (χ0n) is 19.9. The maximum Gasteiger partial charge on any atom is 0.251 e. The average molecular weight is 456 g/mol. The SMILES string of the molecule is CC(C)(C)C.Cc1ccc(NC(=O)[C@H](Cc2ccccc2)NC(=O)c2ccc(F)cc2)cn1.[HH].[HH].[HH]. The lowest BCUT2D eigenvalue weighted by atomic mass is 10.0. The van der Waals surface area contributed by atoms with Gasteiger partial charge < -0.3 is 10.6 Å². The third-order valence-corrected chi connectivity index (χ3v) is 4.19. The van der Waals surface area contributed by atoms with Crippen LogP contribution in [-0.2, 0) is 11.2 Å². The smallest absolute Gasteiger partial charge is 0.251 e. The minimum atomic E-state index is -0.804. The maximum atomic E-state index is 13.1. The van der Waals surface area contributed by atoms with Crippen LogP contribution in [0.15, 0.2) is 72.9 Å². The number of rotatable bonds is 6. The molecule has 0 aliphatic carbocycles. The second-order valence-electron chi connectivity index (χ2n) is 9.40. The summed E-state index contributed by atoms with van der Waals surface area (Å²) in [7, 11) is 0. The Morgan fingerprint density at radius 1 is 0.970 bits per heavy atom. The van der Waals surface area contributed by atoms with Gasteiger partial charge in [0.25, 0.3) is 5.91 Å². The summed E-state index contributed by atoms with van der Waals surface area (Å²) < 4.78 is 13.1. The molecule has 2 amide bonds. The van der Waals surface area contributed by atoms with E-state index in [1.165, 1.54) is 24.3 Å². The topological polar surface area (TPSA) is 71.1 Å². The first-order chi connectivity index (χ1) is 15.5. The van der Waals surface area contributed by atoms with Crippen LogP contribution in [0.25, 0.3) is 0 Å². The molecule has 33 heavy (non-hydrogen) atoms. The van der Waals surface area contributed by atoms with Crippen molar-refractivity contribution in [3.8, 4) is 0 Å². The van der Waals surface area contributed by atoms with Gasteiger partial charge in [0.15, 0.2) is 0 Å². The molecule has 0 aliphatic rings. The highest BCUT2D eigenvalue weighted by Crippen LogP contribution is 2.11. The molecule has 0 saturated carbocycles. The van der Waals surface area contributed by atoms with Crippen LogP contribution >= 0.6 is 0 Å². The Hall–Kier alpha value is -3.54. The van der Waals surface area contributed by atoms with E-state index >= 15 is 0 Å². The zero-order chi connectivity index (χ0) is 24.4. The number of carbonyl (C=O) groups excluding carboxylic acids is 2. The summed E-state index contributed by atoms with van der Waals surface area (Å²) in [4.78, 5) is 29.5. The van der Waals surface area contributed by atoms with Crippen LogP contribution in [0.4, 0.5) is 10.1 Å². The quantitative estimate of drug-likeness (QED) is 0.458. The van der Waals surface area contributed by atoms with E-state index in [9.17, 15) is 14.0 Å². The van der Waals surface area contributed by atoms with Crippen molar-refractivity contribution in [2.24, 2.45) is 5.41 Å². The lowest BCUT2D eigenvalue weighted by Gasteiger charge is -2.19. The van der Waals surface area contributed by atoms with E-state index in [1.807, 2.05) is 37.3 Å². The van der Waals surface area contributed by atoms with Gasteiger partial charge in [-0.25, -0.2) is 4.39 Å². The number of nitrogens with one attached hydrogen (secondary N) is 2. The highest BCUT2D eigenvalue weighted by molar-refractivity contribution is 6.01. The molecule has 3 aromatic rings. The van der Waals surface area contributed by atoms with Crippen LogP contribution < -0.4 is 10.6 Å². The van der Waals surface area contributed by atoms with E-state index < -0.39 is 17.8 Å². The van der Waals surface area contributed by atoms with Crippen molar-refractivity contribution in [1.29, 1.82) is 0 Å². The van der Waals surface area contributed by atoms with E-state index in [-0.39, 0.29) is 15.8 Å². The Morgan fingerprint density at radius 3 is 2.12 bits per heavy atom. The fourth-order valence-corrected chi connectivity index (χ4v) is 2.67. The largest absolute Gasteiger partial charge is 0.340 e. The van der Waals surface area contributed by atoms with Crippen LogP contribution in [0.1, 0.15) is 53.6 Å². The third kappa shape index (κ3) is 10.1. The van der Waals surface area contributed by atoms with E-state index in [0.29, 0.717) is 17.5 Å². The van der Waals surface area contributed by atoms with E-state index in [4.69, 9.17) is 0 Å². The molecule has 1 heterocycles. The molecule has 0 aliphatic heterocycles. The minimum Gasteiger partial charge on any atom is -0.340 e. The molecule has 0 bridgehead atoms. The van der Waals surface area contributed by atoms with Gasteiger partial charge in [-0.3, -0.25) is 14.6 Å². The molecule has 0 saturated heterocycles. The van der Waals surface area contributed by atoms with Crippen molar-refractivity contribution in [1.82, 2.24) is 10.3 Å². The van der Waals surface area contributed by atoms with Crippen molar-refractivity contribution in [3.05, 3.63) is 95.6 Å². The van der Waals surface area contributed by atoms with Crippen molar-refractivity contribution in [2.45, 2.75) is 47.1 Å². The Labute approximate surface area is 199 Å². The standard InChI is InChI=1S/C22H20FN3O2.C5H12.3H2/c1-15-7-12-19(14-24-15)25-22(28)20(13-16-5-3-2-4-6-16)26-21(27)17-8-10-18(23)11-9-17;1-5(2,3)4;;;/h2-12,14,20H,13H2,1H3,(H,25,28)(H,26,27);1-4H3;3*1H/t20-;;;;/m0..../s1. The van der Waals surface area contributed by atoms with Crippen molar-refractivity contribution in [3.63, 3.8) is 0 Å². The molecule has 5 nitrogen and oxygen atoms in total. The number of nitrogens with zero attached hydrogens (tertiary/aromatic N) is 1. The van der Waals surface area contributed by atoms with Crippen LogP contribution in [0.2, 0.25) is 0 Å². The van der Waals surface area contributed by atoms with E-state index in [0.717, 1.165) is 11.3 Å². The first-order valence-corrected chi connectivity index (χ1v) is 10.8. The monoisotopic (exact) mass is 455 g/mol. The Balaban J connectivity index is 0. The molecule has 0 fully saturated rings. The highest BCUT2D eigenvalue weighted by Gasteiger charge is 2.22. The molecule has 0 spiro atoms. The van der Waals surface area contributed by atoms with Crippen LogP contribution in [0.3, 0.4) is 0 Å². The minimum absolute atomic E-state index is 0. The van der Waals surface area contributed by atoms with Gasteiger partial charge in [0, 0.05) is 22.0 Å². The number of amides is 2. The lowest BCUT2D eigenvalue weighted by Crippen LogP contribution is -2.45. The molecule has 1 atom stereocenters. The molecule has 1 aromatic heterocycles. The summed E-state index contributed by atoms with van der Waals surface area (Å²) in [6, 6.07) is 17.3. The van der Waals surface area contributed by atoms with Crippen LogP contribution in [-0.4, -0.2) is 22.8 Å². The van der Waals surface area contributed by atoms with Gasteiger partial charge in [-0.05, 0) is 54.3 Å². The van der Waals surface area contributed by atoms with Gasteiger partial charge >= 0.3 is 0 Å². The predicted molar refractivity (Wildman–Crippen MR) is 137 cm³/mol. The maximum absolute atomic E-state index is 13.1. The molecule has 0 radical (unpaired) electrons. The van der Waals surface area contributed by atoms with Gasteiger partial charge in [-0.15, -0.1) is 0 Å². The first-order valence-electron chi connectivity index (χ1n) is 10.8. The average Bonchev–Trinajstić information content (AvgIpc) is 2.75. The molecule has 180 valence electrons. The third-order valence-electron chi connectivity index (χ3n) is 4.19. The number of anilines is 1. The lowest BCUT2D eigenvalue weighted by molar-refractivity contribution is -0.118. The van der Waals surface area contributed by atoms with Crippen LogP contribution in [0, 0.1) is 18.2 Å². The normalized spacial score (nSPS) is 11.6. The second kappa shape index (κ2) is 11.9. The van der Waals surface area contributed by atoms with Gasteiger partial charge in [-0.2, -0.15) is 0 Å². The van der Waals surface area contributed by atoms with Gasteiger partial charge in [0.1, 0.15) is 11.9 Å².